The van der Waals surface area contributed by atoms with Gasteiger partial charge in [-0.15, -0.1) is 0 Å². The molecule has 0 aromatic carbocycles. The summed E-state index contributed by atoms with van der Waals surface area (Å²) in [6.07, 6.45) is 0.0931. The zero-order valence-corrected chi connectivity index (χ0v) is 14.7. The Kier molecular flexibility index (Phi) is 14.5. The lowest BCUT2D eigenvalue weighted by Crippen LogP contribution is -2.18. The molecule has 0 aliphatic carbocycles. The Hall–Kier alpha value is -3.08. The van der Waals surface area contributed by atoms with Gasteiger partial charge in [0.2, 0.25) is 0 Å². The molecule has 152 valence electrons. The van der Waals surface area contributed by atoms with Gasteiger partial charge in [-0.05, 0) is 0 Å². The molecular weight excluding hydrogens is 368 g/mol. The minimum Gasteiger partial charge on any atom is -0.459 e. The van der Waals surface area contributed by atoms with Gasteiger partial charge in [-0.2, -0.15) is 0 Å². The molecule has 0 aromatic rings. The number of esters is 2. The highest BCUT2D eigenvalue weighted by Gasteiger charge is 2.06. The molecule has 0 rings (SSSR count). The summed E-state index contributed by atoms with van der Waals surface area (Å²) in [5.74, 6) is -1.25. The van der Waals surface area contributed by atoms with Crippen LogP contribution >= 0.6 is 0 Å². The quantitative estimate of drug-likeness (QED) is 0.180. The van der Waals surface area contributed by atoms with E-state index in [1.807, 2.05) is 0 Å². The molecule has 0 heterocycles. The highest BCUT2D eigenvalue weighted by Crippen LogP contribution is 1.90. The van der Waals surface area contributed by atoms with Gasteiger partial charge in [0.05, 0.1) is 13.2 Å². The summed E-state index contributed by atoms with van der Waals surface area (Å²) in [7, 11) is 0. The van der Waals surface area contributed by atoms with Crippen molar-refractivity contribution in [3.63, 3.8) is 0 Å². The summed E-state index contributed by atoms with van der Waals surface area (Å²) in [4.78, 5) is 43.7. The lowest BCUT2D eigenvalue weighted by atomic mass is 10.6. The standard InChI is InChI=1S/C16H22O11/c1-3-13(17)22-9-11-26-15(19)24-7-5-21-6-8-25-16(20)27-12-10-23-14(18)4-2/h3-4H,1-2,5-12H2. The number of carbonyl (C=O) groups is 4. The molecule has 11 heteroatoms. The first kappa shape index (κ1) is 23.9. The molecule has 0 amide bonds. The summed E-state index contributed by atoms with van der Waals surface area (Å²) < 4.78 is 32.8. The Balaban J connectivity index is 3.40. The summed E-state index contributed by atoms with van der Waals surface area (Å²) in [6.45, 7) is 5.84. The molecule has 0 saturated heterocycles. The fourth-order valence-corrected chi connectivity index (χ4v) is 1.21. The molecule has 11 nitrogen and oxygen atoms in total. The summed E-state index contributed by atoms with van der Waals surface area (Å²) in [6, 6.07) is 0. The van der Waals surface area contributed by atoms with Crippen molar-refractivity contribution in [3.05, 3.63) is 25.3 Å². The molecule has 0 fully saturated rings. The minimum absolute atomic E-state index is 0.0520. The fourth-order valence-electron chi connectivity index (χ4n) is 1.21. The van der Waals surface area contributed by atoms with Crippen molar-refractivity contribution in [3.8, 4) is 0 Å². The van der Waals surface area contributed by atoms with Gasteiger partial charge in [0.1, 0.15) is 39.6 Å². The Labute approximate surface area is 155 Å². The smallest absolute Gasteiger partial charge is 0.459 e. The van der Waals surface area contributed by atoms with Crippen LogP contribution in [0.3, 0.4) is 0 Å². The van der Waals surface area contributed by atoms with E-state index in [1.54, 1.807) is 0 Å². The van der Waals surface area contributed by atoms with Gasteiger partial charge in [-0.25, -0.2) is 19.2 Å². The third kappa shape index (κ3) is 16.2. The summed E-state index contributed by atoms with van der Waals surface area (Å²) in [5, 5.41) is 0. The maximum atomic E-state index is 11.1. The van der Waals surface area contributed by atoms with Crippen LogP contribution in [0.5, 0.6) is 0 Å². The minimum atomic E-state index is -0.940. The Morgan fingerprint density at radius 1 is 0.519 bits per heavy atom. The third-order valence-corrected chi connectivity index (χ3v) is 2.32. The Morgan fingerprint density at radius 2 is 0.815 bits per heavy atom. The second-order valence-electron chi connectivity index (χ2n) is 4.25. The first-order valence-corrected chi connectivity index (χ1v) is 7.74. The largest absolute Gasteiger partial charge is 0.508 e. The highest BCUT2D eigenvalue weighted by molar-refractivity contribution is 5.81. The van der Waals surface area contributed by atoms with E-state index in [2.05, 4.69) is 41.6 Å². The van der Waals surface area contributed by atoms with Crippen molar-refractivity contribution in [1.82, 2.24) is 0 Å². The van der Waals surface area contributed by atoms with Crippen molar-refractivity contribution in [2.75, 3.05) is 52.9 Å². The van der Waals surface area contributed by atoms with Gasteiger partial charge < -0.3 is 33.2 Å². The van der Waals surface area contributed by atoms with E-state index in [0.717, 1.165) is 12.2 Å². The zero-order valence-electron chi connectivity index (χ0n) is 14.7. The molecule has 0 unspecified atom stereocenters. The predicted molar refractivity (Wildman–Crippen MR) is 87.7 cm³/mol. The van der Waals surface area contributed by atoms with Crippen LogP contribution in [0.4, 0.5) is 9.59 Å². The number of hydrogen-bond acceptors (Lipinski definition) is 11. The van der Waals surface area contributed by atoms with E-state index in [1.165, 1.54) is 0 Å². The van der Waals surface area contributed by atoms with Crippen molar-refractivity contribution in [2.24, 2.45) is 0 Å². The summed E-state index contributed by atoms with van der Waals surface area (Å²) in [5.41, 5.74) is 0. The van der Waals surface area contributed by atoms with Crippen LogP contribution in [0, 0.1) is 0 Å². The van der Waals surface area contributed by atoms with Crippen molar-refractivity contribution >= 4 is 24.2 Å². The summed E-state index contributed by atoms with van der Waals surface area (Å²) >= 11 is 0. The van der Waals surface area contributed by atoms with Gasteiger partial charge in [0, 0.05) is 12.2 Å². The topological polar surface area (TPSA) is 133 Å². The number of ether oxygens (including phenoxy) is 7. The molecule has 0 aliphatic heterocycles. The van der Waals surface area contributed by atoms with Crippen LogP contribution < -0.4 is 0 Å². The molecular formula is C16H22O11. The van der Waals surface area contributed by atoms with E-state index in [9.17, 15) is 19.2 Å². The van der Waals surface area contributed by atoms with Crippen LogP contribution in [-0.4, -0.2) is 77.1 Å². The number of hydrogen-bond donors (Lipinski definition) is 0. The highest BCUT2D eigenvalue weighted by atomic mass is 16.7. The van der Waals surface area contributed by atoms with Crippen LogP contribution in [0.15, 0.2) is 25.3 Å². The molecule has 0 saturated carbocycles. The number of rotatable bonds is 14. The van der Waals surface area contributed by atoms with Crippen LogP contribution in [0.25, 0.3) is 0 Å². The van der Waals surface area contributed by atoms with Crippen molar-refractivity contribution in [2.45, 2.75) is 0 Å². The molecule has 0 radical (unpaired) electrons. The molecule has 0 aliphatic rings. The van der Waals surface area contributed by atoms with Gasteiger partial charge in [-0.3, -0.25) is 0 Å². The average Bonchev–Trinajstić information content (AvgIpc) is 2.67. The normalized spacial score (nSPS) is 9.48. The lowest BCUT2D eigenvalue weighted by Gasteiger charge is -2.08. The maximum Gasteiger partial charge on any atom is 0.508 e. The van der Waals surface area contributed by atoms with E-state index in [-0.39, 0.29) is 52.9 Å². The first-order chi connectivity index (χ1) is 13.0. The molecule has 0 spiro atoms. The monoisotopic (exact) mass is 390 g/mol. The third-order valence-electron chi connectivity index (χ3n) is 2.32. The second kappa shape index (κ2) is 16.4. The predicted octanol–water partition coefficient (Wildman–Crippen LogP) is 0.768. The molecule has 27 heavy (non-hydrogen) atoms. The van der Waals surface area contributed by atoms with Gasteiger partial charge in [0.15, 0.2) is 0 Å². The first-order valence-electron chi connectivity index (χ1n) is 7.74. The Bertz CT molecular complexity index is 457. The van der Waals surface area contributed by atoms with Crippen molar-refractivity contribution < 1.29 is 52.3 Å². The maximum absolute atomic E-state index is 11.1. The second-order valence-corrected chi connectivity index (χ2v) is 4.25. The molecule has 0 atom stereocenters. The van der Waals surface area contributed by atoms with Gasteiger partial charge in [-0.1, -0.05) is 13.2 Å². The molecule has 0 N–H and O–H groups in total. The van der Waals surface area contributed by atoms with Crippen LogP contribution in [-0.2, 0) is 42.7 Å². The van der Waals surface area contributed by atoms with Gasteiger partial charge >= 0.3 is 24.2 Å². The lowest BCUT2D eigenvalue weighted by molar-refractivity contribution is -0.139. The van der Waals surface area contributed by atoms with Crippen LogP contribution in [0.2, 0.25) is 0 Å². The van der Waals surface area contributed by atoms with E-state index in [0.29, 0.717) is 0 Å². The average molecular weight is 390 g/mol. The molecule has 0 aromatic heterocycles. The Morgan fingerprint density at radius 3 is 1.15 bits per heavy atom. The van der Waals surface area contributed by atoms with Crippen LogP contribution in [0.1, 0.15) is 0 Å². The van der Waals surface area contributed by atoms with E-state index < -0.39 is 24.2 Å². The fraction of sp³-hybridized carbons (Fsp3) is 0.500. The SMILES string of the molecule is C=CC(=O)OCCOC(=O)OCCOCCOC(=O)OCCOC(=O)C=C. The van der Waals surface area contributed by atoms with E-state index in [4.69, 9.17) is 4.74 Å². The zero-order chi connectivity index (χ0) is 20.3. The molecule has 0 bridgehead atoms. The number of carbonyl (C=O) groups excluding carboxylic acids is 4. The van der Waals surface area contributed by atoms with E-state index >= 15 is 0 Å². The van der Waals surface area contributed by atoms with Crippen molar-refractivity contribution in [1.29, 1.82) is 0 Å². The van der Waals surface area contributed by atoms with Gasteiger partial charge in [0.25, 0.3) is 0 Å².